The van der Waals surface area contributed by atoms with Gasteiger partial charge in [0.2, 0.25) is 0 Å². The molecule has 0 amide bonds. The Balaban J connectivity index is 2.16. The zero-order valence-electron chi connectivity index (χ0n) is 13.2. The van der Waals surface area contributed by atoms with E-state index in [4.69, 9.17) is 9.47 Å². The van der Waals surface area contributed by atoms with E-state index in [1.54, 1.807) is 7.11 Å². The Bertz CT molecular complexity index is 213. The fourth-order valence-corrected chi connectivity index (χ4v) is 3.06. The number of rotatable bonds is 11. The summed E-state index contributed by atoms with van der Waals surface area (Å²) in [6.07, 6.45) is 8.12. The van der Waals surface area contributed by atoms with Gasteiger partial charge in [0.25, 0.3) is 0 Å². The number of ether oxygens (including phenoxy) is 2. The van der Waals surface area contributed by atoms with Gasteiger partial charge in [0.1, 0.15) is 0 Å². The molecule has 114 valence electrons. The second-order valence-corrected chi connectivity index (χ2v) is 6.44. The minimum Gasteiger partial charge on any atom is -0.382 e. The molecule has 1 aliphatic rings. The summed E-state index contributed by atoms with van der Waals surface area (Å²) >= 11 is 0. The van der Waals surface area contributed by atoms with E-state index in [0.717, 1.165) is 25.7 Å². The molecule has 0 heterocycles. The van der Waals surface area contributed by atoms with Gasteiger partial charge in [-0.3, -0.25) is 0 Å². The predicted octanol–water partition coefficient (Wildman–Crippen LogP) is 3.24. The molecule has 1 rings (SSSR count). The lowest BCUT2D eigenvalue weighted by Crippen LogP contribution is -2.34. The molecule has 0 unspecified atom stereocenters. The van der Waals surface area contributed by atoms with Crippen molar-refractivity contribution in [3.8, 4) is 0 Å². The molecule has 1 fully saturated rings. The summed E-state index contributed by atoms with van der Waals surface area (Å²) in [5.41, 5.74) is 0.555. The van der Waals surface area contributed by atoms with Crippen molar-refractivity contribution in [1.29, 1.82) is 0 Å². The summed E-state index contributed by atoms with van der Waals surface area (Å²) in [5.74, 6) is 0.746. The zero-order valence-corrected chi connectivity index (χ0v) is 13.2. The molecule has 3 nitrogen and oxygen atoms in total. The van der Waals surface area contributed by atoms with E-state index >= 15 is 0 Å². The lowest BCUT2D eigenvalue weighted by molar-refractivity contribution is 0.0633. The lowest BCUT2D eigenvalue weighted by Gasteiger charge is -2.30. The van der Waals surface area contributed by atoms with Gasteiger partial charge in [-0.25, -0.2) is 0 Å². The molecule has 0 bridgehead atoms. The molecule has 0 aromatic carbocycles. The van der Waals surface area contributed by atoms with Crippen molar-refractivity contribution in [2.45, 2.75) is 52.4 Å². The van der Waals surface area contributed by atoms with Crippen LogP contribution in [-0.2, 0) is 9.47 Å². The highest BCUT2D eigenvalue weighted by Gasteiger charge is 2.32. The van der Waals surface area contributed by atoms with Gasteiger partial charge in [0.15, 0.2) is 0 Å². The third kappa shape index (κ3) is 7.28. The second-order valence-electron chi connectivity index (χ2n) is 6.44. The summed E-state index contributed by atoms with van der Waals surface area (Å²) in [4.78, 5) is 0. The highest BCUT2D eigenvalue weighted by atomic mass is 16.5. The van der Waals surface area contributed by atoms with E-state index in [-0.39, 0.29) is 0 Å². The van der Waals surface area contributed by atoms with Crippen LogP contribution in [0, 0.1) is 11.3 Å². The highest BCUT2D eigenvalue weighted by molar-refractivity contribution is 4.86. The Morgan fingerprint density at radius 3 is 2.47 bits per heavy atom. The fourth-order valence-electron chi connectivity index (χ4n) is 3.06. The third-order valence-corrected chi connectivity index (χ3v) is 4.14. The second kappa shape index (κ2) is 9.73. The van der Waals surface area contributed by atoms with E-state index in [9.17, 15) is 0 Å². The van der Waals surface area contributed by atoms with Gasteiger partial charge >= 0.3 is 0 Å². The van der Waals surface area contributed by atoms with Gasteiger partial charge in [-0.15, -0.1) is 0 Å². The van der Waals surface area contributed by atoms with Gasteiger partial charge in [0, 0.05) is 20.3 Å². The first-order valence-electron chi connectivity index (χ1n) is 7.96. The van der Waals surface area contributed by atoms with Crippen molar-refractivity contribution in [3.05, 3.63) is 0 Å². The van der Waals surface area contributed by atoms with Crippen molar-refractivity contribution in [2.75, 3.05) is 40.0 Å². The summed E-state index contributed by atoms with van der Waals surface area (Å²) < 4.78 is 10.6. The van der Waals surface area contributed by atoms with Crippen molar-refractivity contribution >= 4 is 0 Å². The lowest BCUT2D eigenvalue weighted by atomic mass is 9.81. The first-order chi connectivity index (χ1) is 9.18. The standard InChI is InChI=1S/C16H33NO2/c1-15(2)13-17-14-16(7-4-5-8-16)9-6-10-19-12-11-18-3/h15,17H,4-14H2,1-3H3. The summed E-state index contributed by atoms with van der Waals surface area (Å²) in [6.45, 7) is 9.22. The molecule has 0 atom stereocenters. The molecule has 1 N–H and O–H groups in total. The Morgan fingerprint density at radius 2 is 1.84 bits per heavy atom. The van der Waals surface area contributed by atoms with Crippen LogP contribution in [0.4, 0.5) is 0 Å². The quantitative estimate of drug-likeness (QED) is 0.585. The van der Waals surface area contributed by atoms with Gasteiger partial charge in [-0.05, 0) is 43.6 Å². The maximum atomic E-state index is 5.58. The van der Waals surface area contributed by atoms with Crippen LogP contribution in [0.25, 0.3) is 0 Å². The van der Waals surface area contributed by atoms with Crippen LogP contribution in [0.1, 0.15) is 52.4 Å². The topological polar surface area (TPSA) is 30.5 Å². The van der Waals surface area contributed by atoms with E-state index in [2.05, 4.69) is 19.2 Å². The number of nitrogens with one attached hydrogen (secondary N) is 1. The van der Waals surface area contributed by atoms with Crippen LogP contribution in [0.5, 0.6) is 0 Å². The van der Waals surface area contributed by atoms with Crippen LogP contribution in [0.15, 0.2) is 0 Å². The van der Waals surface area contributed by atoms with E-state index in [1.165, 1.54) is 45.1 Å². The van der Waals surface area contributed by atoms with Crippen molar-refractivity contribution in [3.63, 3.8) is 0 Å². The van der Waals surface area contributed by atoms with Crippen LogP contribution in [0.3, 0.4) is 0 Å². The third-order valence-electron chi connectivity index (χ3n) is 4.14. The van der Waals surface area contributed by atoms with Gasteiger partial charge in [0.05, 0.1) is 13.2 Å². The summed E-state index contributed by atoms with van der Waals surface area (Å²) in [6, 6.07) is 0. The molecule has 0 radical (unpaired) electrons. The minimum atomic E-state index is 0.555. The highest BCUT2D eigenvalue weighted by Crippen LogP contribution is 2.41. The SMILES string of the molecule is COCCOCCCC1(CNCC(C)C)CCCC1. The molecule has 19 heavy (non-hydrogen) atoms. The van der Waals surface area contributed by atoms with E-state index in [0.29, 0.717) is 12.0 Å². The first kappa shape index (κ1) is 16.9. The summed E-state index contributed by atoms with van der Waals surface area (Å²) in [7, 11) is 1.72. The van der Waals surface area contributed by atoms with Crippen molar-refractivity contribution in [2.24, 2.45) is 11.3 Å². The Labute approximate surface area is 119 Å². The summed E-state index contributed by atoms with van der Waals surface area (Å²) in [5, 5.41) is 3.67. The van der Waals surface area contributed by atoms with Crippen molar-refractivity contribution in [1.82, 2.24) is 5.32 Å². The average molecular weight is 271 g/mol. The Morgan fingerprint density at radius 1 is 1.11 bits per heavy atom. The predicted molar refractivity (Wildman–Crippen MR) is 80.5 cm³/mol. The Hall–Kier alpha value is -0.120. The molecule has 0 aromatic heterocycles. The normalized spacial score (nSPS) is 18.3. The largest absolute Gasteiger partial charge is 0.382 e. The number of hydrogen-bond acceptors (Lipinski definition) is 3. The number of methoxy groups -OCH3 is 1. The maximum absolute atomic E-state index is 5.58. The smallest absolute Gasteiger partial charge is 0.0700 e. The fraction of sp³-hybridized carbons (Fsp3) is 1.00. The Kier molecular flexibility index (Phi) is 8.67. The average Bonchev–Trinajstić information content (AvgIpc) is 2.82. The van der Waals surface area contributed by atoms with Crippen molar-refractivity contribution < 1.29 is 9.47 Å². The van der Waals surface area contributed by atoms with E-state index < -0.39 is 0 Å². The maximum Gasteiger partial charge on any atom is 0.0700 e. The molecule has 1 aliphatic carbocycles. The molecular formula is C16H33NO2. The van der Waals surface area contributed by atoms with Gasteiger partial charge in [-0.1, -0.05) is 26.7 Å². The minimum absolute atomic E-state index is 0.555. The monoisotopic (exact) mass is 271 g/mol. The molecule has 3 heteroatoms. The van der Waals surface area contributed by atoms with Crippen LogP contribution in [0.2, 0.25) is 0 Å². The van der Waals surface area contributed by atoms with Gasteiger partial charge < -0.3 is 14.8 Å². The molecule has 1 saturated carbocycles. The van der Waals surface area contributed by atoms with Crippen LogP contribution < -0.4 is 5.32 Å². The van der Waals surface area contributed by atoms with E-state index in [1.807, 2.05) is 0 Å². The molecular weight excluding hydrogens is 238 g/mol. The molecule has 0 saturated heterocycles. The molecule has 0 aromatic rings. The molecule has 0 aliphatic heterocycles. The molecule has 0 spiro atoms. The van der Waals surface area contributed by atoms with Crippen LogP contribution >= 0.6 is 0 Å². The first-order valence-corrected chi connectivity index (χ1v) is 7.96. The number of hydrogen-bond donors (Lipinski definition) is 1. The van der Waals surface area contributed by atoms with Crippen LogP contribution in [-0.4, -0.2) is 40.0 Å². The van der Waals surface area contributed by atoms with Gasteiger partial charge in [-0.2, -0.15) is 0 Å². The zero-order chi connectivity index (χ0) is 14.0.